The molecule has 0 heterocycles. The van der Waals surface area contributed by atoms with Crippen LogP contribution in [0.4, 0.5) is 5.69 Å². The van der Waals surface area contributed by atoms with Gasteiger partial charge < -0.3 is 11.1 Å². The molecular formula is C17H26N2O. The smallest absolute Gasteiger partial charge is 0.248 e. The topological polar surface area (TPSA) is 55.1 Å². The van der Waals surface area contributed by atoms with E-state index in [0.717, 1.165) is 17.2 Å². The van der Waals surface area contributed by atoms with Gasteiger partial charge in [0.25, 0.3) is 0 Å². The van der Waals surface area contributed by atoms with Gasteiger partial charge in [-0.2, -0.15) is 0 Å². The van der Waals surface area contributed by atoms with Crippen molar-refractivity contribution in [2.24, 2.45) is 17.1 Å². The van der Waals surface area contributed by atoms with E-state index in [-0.39, 0.29) is 5.91 Å². The van der Waals surface area contributed by atoms with E-state index in [9.17, 15) is 4.79 Å². The number of rotatable bonds is 3. The van der Waals surface area contributed by atoms with Crippen LogP contribution in [-0.2, 0) is 0 Å². The Hall–Kier alpha value is -1.51. The lowest BCUT2D eigenvalue weighted by Gasteiger charge is -2.39. The van der Waals surface area contributed by atoms with Gasteiger partial charge in [-0.05, 0) is 61.3 Å². The fraction of sp³-hybridized carbons (Fsp3) is 0.588. The SMILES string of the molecule is Cc1cc(C(N)=O)ccc1NC1CC(C)CC(C)(C)C1. The standard InChI is InChI=1S/C17H26N2O/c1-11-7-14(10-17(3,4)9-11)19-15-6-5-13(16(18)20)8-12(15)2/h5-6,8,11,14,19H,7,9-10H2,1-4H3,(H2,18,20). The number of primary amides is 1. The second-order valence-electron chi connectivity index (χ2n) is 7.15. The maximum Gasteiger partial charge on any atom is 0.248 e. The molecule has 0 spiro atoms. The van der Waals surface area contributed by atoms with Gasteiger partial charge in [0.05, 0.1) is 0 Å². The maximum absolute atomic E-state index is 11.2. The minimum atomic E-state index is -0.368. The van der Waals surface area contributed by atoms with E-state index in [2.05, 4.69) is 26.1 Å². The van der Waals surface area contributed by atoms with Gasteiger partial charge in [-0.25, -0.2) is 0 Å². The molecule has 3 nitrogen and oxygen atoms in total. The van der Waals surface area contributed by atoms with Crippen LogP contribution in [0.5, 0.6) is 0 Å². The number of carbonyl (C=O) groups is 1. The predicted molar refractivity (Wildman–Crippen MR) is 83.9 cm³/mol. The zero-order chi connectivity index (χ0) is 14.9. The molecular weight excluding hydrogens is 248 g/mol. The number of nitrogens with one attached hydrogen (secondary N) is 1. The molecule has 0 aromatic heterocycles. The van der Waals surface area contributed by atoms with Crippen LogP contribution in [0.1, 0.15) is 56.0 Å². The van der Waals surface area contributed by atoms with Crippen LogP contribution in [0.15, 0.2) is 18.2 Å². The van der Waals surface area contributed by atoms with Crippen molar-refractivity contribution >= 4 is 11.6 Å². The Morgan fingerprint density at radius 3 is 2.60 bits per heavy atom. The average Bonchev–Trinajstić information content (AvgIpc) is 2.28. The van der Waals surface area contributed by atoms with Crippen LogP contribution < -0.4 is 11.1 Å². The summed E-state index contributed by atoms with van der Waals surface area (Å²) >= 11 is 0. The number of benzene rings is 1. The van der Waals surface area contributed by atoms with Crippen LogP contribution in [0.3, 0.4) is 0 Å². The normalized spacial score (nSPS) is 25.2. The third-order valence-corrected chi connectivity index (χ3v) is 4.26. The van der Waals surface area contributed by atoms with Crippen molar-refractivity contribution < 1.29 is 4.79 Å². The Balaban J connectivity index is 2.12. The highest BCUT2D eigenvalue weighted by atomic mass is 16.1. The molecule has 0 radical (unpaired) electrons. The maximum atomic E-state index is 11.2. The Kier molecular flexibility index (Phi) is 4.07. The number of hydrogen-bond donors (Lipinski definition) is 2. The summed E-state index contributed by atoms with van der Waals surface area (Å²) in [4.78, 5) is 11.2. The van der Waals surface area contributed by atoms with Gasteiger partial charge in [0.1, 0.15) is 0 Å². The molecule has 1 aromatic rings. The van der Waals surface area contributed by atoms with Gasteiger partial charge in [0.15, 0.2) is 0 Å². The first kappa shape index (κ1) is 14.9. The van der Waals surface area contributed by atoms with E-state index < -0.39 is 0 Å². The first-order valence-corrected chi connectivity index (χ1v) is 7.44. The highest BCUT2D eigenvalue weighted by molar-refractivity contribution is 5.93. The molecule has 1 aliphatic carbocycles. The summed E-state index contributed by atoms with van der Waals surface area (Å²) in [6.07, 6.45) is 3.69. The minimum Gasteiger partial charge on any atom is -0.382 e. The molecule has 2 rings (SSSR count). The molecule has 1 aromatic carbocycles. The summed E-state index contributed by atoms with van der Waals surface area (Å²) in [5, 5.41) is 3.65. The summed E-state index contributed by atoms with van der Waals surface area (Å²) in [7, 11) is 0. The van der Waals surface area contributed by atoms with Crippen LogP contribution in [-0.4, -0.2) is 11.9 Å². The molecule has 1 fully saturated rings. The zero-order valence-corrected chi connectivity index (χ0v) is 13.0. The van der Waals surface area contributed by atoms with E-state index in [1.54, 1.807) is 6.07 Å². The number of amides is 1. The molecule has 2 unspecified atom stereocenters. The Morgan fingerprint density at radius 2 is 2.05 bits per heavy atom. The molecule has 1 amide bonds. The minimum absolute atomic E-state index is 0.368. The Labute approximate surface area is 121 Å². The molecule has 20 heavy (non-hydrogen) atoms. The largest absolute Gasteiger partial charge is 0.382 e. The number of anilines is 1. The van der Waals surface area contributed by atoms with E-state index in [0.29, 0.717) is 17.0 Å². The Morgan fingerprint density at radius 1 is 1.35 bits per heavy atom. The van der Waals surface area contributed by atoms with Crippen molar-refractivity contribution in [1.29, 1.82) is 0 Å². The molecule has 3 N–H and O–H groups in total. The Bertz CT molecular complexity index is 508. The molecule has 1 aliphatic rings. The molecule has 3 heteroatoms. The van der Waals surface area contributed by atoms with Gasteiger partial charge in [-0.3, -0.25) is 4.79 Å². The number of carbonyl (C=O) groups excluding carboxylic acids is 1. The van der Waals surface area contributed by atoms with Crippen LogP contribution in [0, 0.1) is 18.3 Å². The van der Waals surface area contributed by atoms with Gasteiger partial charge in [-0.1, -0.05) is 20.8 Å². The quantitative estimate of drug-likeness (QED) is 0.882. The lowest BCUT2D eigenvalue weighted by atomic mass is 9.70. The van der Waals surface area contributed by atoms with Gasteiger partial charge >= 0.3 is 0 Å². The second-order valence-corrected chi connectivity index (χ2v) is 7.15. The summed E-state index contributed by atoms with van der Waals surface area (Å²) in [6, 6.07) is 6.14. The van der Waals surface area contributed by atoms with Crippen LogP contribution in [0.2, 0.25) is 0 Å². The fourth-order valence-corrected chi connectivity index (χ4v) is 3.65. The number of hydrogen-bond acceptors (Lipinski definition) is 2. The lowest BCUT2D eigenvalue weighted by molar-refractivity contribution is 0.1000. The third-order valence-electron chi connectivity index (χ3n) is 4.26. The van der Waals surface area contributed by atoms with Crippen molar-refractivity contribution in [1.82, 2.24) is 0 Å². The first-order chi connectivity index (χ1) is 9.27. The highest BCUT2D eigenvalue weighted by Crippen LogP contribution is 2.39. The second kappa shape index (κ2) is 5.47. The molecule has 0 aliphatic heterocycles. The number of aryl methyl sites for hydroxylation is 1. The summed E-state index contributed by atoms with van der Waals surface area (Å²) in [5.74, 6) is 0.383. The van der Waals surface area contributed by atoms with Crippen molar-refractivity contribution in [2.75, 3.05) is 5.32 Å². The molecule has 110 valence electrons. The number of nitrogens with two attached hydrogens (primary N) is 1. The monoisotopic (exact) mass is 274 g/mol. The van der Waals surface area contributed by atoms with E-state index in [4.69, 9.17) is 5.73 Å². The highest BCUT2D eigenvalue weighted by Gasteiger charge is 2.32. The molecule has 2 atom stereocenters. The molecule has 0 saturated heterocycles. The lowest BCUT2D eigenvalue weighted by Crippen LogP contribution is -2.35. The fourth-order valence-electron chi connectivity index (χ4n) is 3.65. The molecule has 0 bridgehead atoms. The zero-order valence-electron chi connectivity index (χ0n) is 13.0. The van der Waals surface area contributed by atoms with Crippen LogP contribution in [0.25, 0.3) is 0 Å². The van der Waals surface area contributed by atoms with Crippen molar-refractivity contribution in [3.63, 3.8) is 0 Å². The van der Waals surface area contributed by atoms with E-state index in [1.807, 2.05) is 19.1 Å². The molecule has 1 saturated carbocycles. The van der Waals surface area contributed by atoms with Crippen molar-refractivity contribution in [3.05, 3.63) is 29.3 Å². The predicted octanol–water partition coefficient (Wildman–Crippen LogP) is 3.72. The van der Waals surface area contributed by atoms with Gasteiger partial charge in [0, 0.05) is 17.3 Å². The van der Waals surface area contributed by atoms with Gasteiger partial charge in [0.2, 0.25) is 5.91 Å². The first-order valence-electron chi connectivity index (χ1n) is 7.44. The summed E-state index contributed by atoms with van der Waals surface area (Å²) < 4.78 is 0. The van der Waals surface area contributed by atoms with Crippen molar-refractivity contribution in [3.8, 4) is 0 Å². The van der Waals surface area contributed by atoms with E-state index in [1.165, 1.54) is 19.3 Å². The van der Waals surface area contributed by atoms with Gasteiger partial charge in [-0.15, -0.1) is 0 Å². The summed E-state index contributed by atoms with van der Waals surface area (Å²) in [6.45, 7) is 9.05. The van der Waals surface area contributed by atoms with Crippen LogP contribution >= 0.6 is 0 Å². The van der Waals surface area contributed by atoms with E-state index >= 15 is 0 Å². The third kappa shape index (κ3) is 3.53. The average molecular weight is 274 g/mol. The van der Waals surface area contributed by atoms with Crippen molar-refractivity contribution in [2.45, 2.75) is 53.0 Å². The summed E-state index contributed by atoms with van der Waals surface area (Å²) in [5.41, 5.74) is 8.48.